The average molecular weight is 320 g/mol. The lowest BCUT2D eigenvalue weighted by Crippen LogP contribution is -2.29. The smallest absolute Gasteiger partial charge is 0.257 e. The van der Waals surface area contributed by atoms with Crippen LogP contribution >= 0.6 is 11.6 Å². The molecule has 1 fully saturated rings. The maximum absolute atomic E-state index is 12.6. The molecule has 1 aliphatic rings. The van der Waals surface area contributed by atoms with Crippen molar-refractivity contribution in [1.82, 2.24) is 14.7 Å². The minimum atomic E-state index is -0.449. The SMILES string of the molecule is Cc1nn(-c2ccc(Cl)cc2)cc1C(=O)N1C[C@@H](C)[C@H](O)C1. The number of rotatable bonds is 2. The lowest BCUT2D eigenvalue weighted by atomic mass is 10.1. The lowest BCUT2D eigenvalue weighted by molar-refractivity contribution is 0.0764. The standard InChI is InChI=1S/C16H18ClN3O2/c1-10-7-19(9-15(10)21)16(22)14-8-20(18-11(14)2)13-5-3-12(17)4-6-13/h3-6,8,10,15,21H,7,9H2,1-2H3/t10-,15-/m1/s1. The molecule has 1 N–H and O–H groups in total. The van der Waals surface area contributed by atoms with Gasteiger partial charge in [-0.1, -0.05) is 18.5 Å². The first-order valence-corrected chi connectivity index (χ1v) is 7.63. The molecule has 1 aliphatic heterocycles. The molecule has 1 saturated heterocycles. The molecule has 22 heavy (non-hydrogen) atoms. The van der Waals surface area contributed by atoms with Crippen LogP contribution in [0, 0.1) is 12.8 Å². The van der Waals surface area contributed by atoms with Gasteiger partial charge in [-0.3, -0.25) is 4.79 Å². The molecule has 116 valence electrons. The van der Waals surface area contributed by atoms with E-state index in [0.29, 0.717) is 29.4 Å². The summed E-state index contributed by atoms with van der Waals surface area (Å²) >= 11 is 5.89. The molecular formula is C16H18ClN3O2. The van der Waals surface area contributed by atoms with Crippen molar-refractivity contribution in [3.05, 3.63) is 46.7 Å². The van der Waals surface area contributed by atoms with Crippen molar-refractivity contribution in [3.8, 4) is 5.69 Å². The summed E-state index contributed by atoms with van der Waals surface area (Å²) in [6.45, 7) is 4.72. The number of amides is 1. The Bertz CT molecular complexity index is 686. The van der Waals surface area contributed by atoms with E-state index in [1.807, 2.05) is 26.0 Å². The van der Waals surface area contributed by atoms with Crippen LogP contribution in [0.1, 0.15) is 23.0 Å². The molecule has 1 amide bonds. The van der Waals surface area contributed by atoms with Crippen LogP contribution in [0.2, 0.25) is 5.02 Å². The highest BCUT2D eigenvalue weighted by molar-refractivity contribution is 6.30. The molecular weight excluding hydrogens is 302 g/mol. The molecule has 2 aromatic rings. The van der Waals surface area contributed by atoms with Gasteiger partial charge >= 0.3 is 0 Å². The fourth-order valence-corrected chi connectivity index (χ4v) is 2.81. The van der Waals surface area contributed by atoms with Gasteiger partial charge in [-0.2, -0.15) is 5.10 Å². The molecule has 0 unspecified atom stereocenters. The van der Waals surface area contributed by atoms with Crippen LogP contribution in [-0.4, -0.2) is 44.9 Å². The third-order valence-corrected chi connectivity index (χ3v) is 4.33. The molecule has 1 aromatic heterocycles. The average Bonchev–Trinajstić information content (AvgIpc) is 3.03. The van der Waals surface area contributed by atoms with Crippen LogP contribution in [0.15, 0.2) is 30.5 Å². The van der Waals surface area contributed by atoms with Crippen LogP contribution < -0.4 is 0 Å². The predicted molar refractivity (Wildman–Crippen MR) is 84.4 cm³/mol. The van der Waals surface area contributed by atoms with Gasteiger partial charge in [0.2, 0.25) is 0 Å². The number of aryl methyl sites for hydroxylation is 1. The Morgan fingerprint density at radius 2 is 2.00 bits per heavy atom. The van der Waals surface area contributed by atoms with E-state index < -0.39 is 6.10 Å². The predicted octanol–water partition coefficient (Wildman–Crippen LogP) is 2.29. The Labute approximate surface area is 134 Å². The second-order valence-electron chi connectivity index (χ2n) is 5.80. The molecule has 0 radical (unpaired) electrons. The van der Waals surface area contributed by atoms with Crippen LogP contribution in [0.25, 0.3) is 5.69 Å². The van der Waals surface area contributed by atoms with E-state index >= 15 is 0 Å². The van der Waals surface area contributed by atoms with Crippen LogP contribution in [0.4, 0.5) is 0 Å². The normalized spacial score (nSPS) is 21.4. The second-order valence-corrected chi connectivity index (χ2v) is 6.24. The van der Waals surface area contributed by atoms with Crippen molar-refractivity contribution in [3.63, 3.8) is 0 Å². The summed E-state index contributed by atoms with van der Waals surface area (Å²) in [5.41, 5.74) is 2.09. The van der Waals surface area contributed by atoms with Crippen molar-refractivity contribution < 1.29 is 9.90 Å². The number of carbonyl (C=O) groups excluding carboxylic acids is 1. The van der Waals surface area contributed by atoms with Crippen molar-refractivity contribution in [2.75, 3.05) is 13.1 Å². The van der Waals surface area contributed by atoms with E-state index in [9.17, 15) is 9.90 Å². The summed E-state index contributed by atoms with van der Waals surface area (Å²) in [5.74, 6) is 0.0247. The molecule has 0 saturated carbocycles. The largest absolute Gasteiger partial charge is 0.391 e. The van der Waals surface area contributed by atoms with Crippen molar-refractivity contribution in [2.45, 2.75) is 20.0 Å². The number of likely N-dealkylation sites (tertiary alicyclic amines) is 1. The monoisotopic (exact) mass is 319 g/mol. The zero-order chi connectivity index (χ0) is 15.9. The van der Waals surface area contributed by atoms with Gasteiger partial charge in [0.05, 0.1) is 23.0 Å². The summed E-state index contributed by atoms with van der Waals surface area (Å²) < 4.78 is 1.68. The number of aliphatic hydroxyl groups is 1. The Hall–Kier alpha value is -1.85. The number of halogens is 1. The number of β-amino-alcohol motifs (C(OH)–C–C–N with tert-alkyl or cyclic N) is 1. The van der Waals surface area contributed by atoms with Crippen molar-refractivity contribution in [2.24, 2.45) is 5.92 Å². The molecule has 5 nitrogen and oxygen atoms in total. The Balaban J connectivity index is 1.86. The maximum Gasteiger partial charge on any atom is 0.257 e. The minimum Gasteiger partial charge on any atom is -0.391 e. The van der Waals surface area contributed by atoms with E-state index in [0.717, 1.165) is 5.69 Å². The van der Waals surface area contributed by atoms with E-state index in [4.69, 9.17) is 11.6 Å². The molecule has 0 bridgehead atoms. The third-order valence-electron chi connectivity index (χ3n) is 4.08. The van der Waals surface area contributed by atoms with Crippen molar-refractivity contribution in [1.29, 1.82) is 0 Å². The van der Waals surface area contributed by atoms with Crippen LogP contribution in [0.5, 0.6) is 0 Å². The number of carbonyl (C=O) groups is 1. The minimum absolute atomic E-state index is 0.0823. The fraction of sp³-hybridized carbons (Fsp3) is 0.375. The number of aliphatic hydroxyl groups excluding tert-OH is 1. The highest BCUT2D eigenvalue weighted by Gasteiger charge is 2.32. The summed E-state index contributed by atoms with van der Waals surface area (Å²) in [6, 6.07) is 7.28. The number of aromatic nitrogens is 2. The van der Waals surface area contributed by atoms with Gasteiger partial charge in [0.25, 0.3) is 5.91 Å². The van der Waals surface area contributed by atoms with E-state index in [1.165, 1.54) is 0 Å². The van der Waals surface area contributed by atoms with E-state index in [-0.39, 0.29) is 11.8 Å². The van der Waals surface area contributed by atoms with Gasteiger partial charge in [0.1, 0.15) is 0 Å². The Morgan fingerprint density at radius 1 is 1.32 bits per heavy atom. The van der Waals surface area contributed by atoms with Gasteiger partial charge in [0.15, 0.2) is 0 Å². The first-order chi connectivity index (χ1) is 10.5. The highest BCUT2D eigenvalue weighted by Crippen LogP contribution is 2.21. The molecule has 0 aliphatic carbocycles. The van der Waals surface area contributed by atoms with Gasteiger partial charge in [-0.25, -0.2) is 4.68 Å². The summed E-state index contributed by atoms with van der Waals surface area (Å²) in [7, 11) is 0. The quantitative estimate of drug-likeness (QED) is 0.924. The van der Waals surface area contributed by atoms with Gasteiger partial charge in [-0.05, 0) is 31.2 Å². The number of benzene rings is 1. The Kier molecular flexibility index (Phi) is 3.93. The summed E-state index contributed by atoms with van der Waals surface area (Å²) in [4.78, 5) is 14.3. The first kappa shape index (κ1) is 15.1. The number of hydrogen-bond donors (Lipinski definition) is 1. The molecule has 3 rings (SSSR count). The van der Waals surface area contributed by atoms with Crippen molar-refractivity contribution >= 4 is 17.5 Å². The fourth-order valence-electron chi connectivity index (χ4n) is 2.68. The lowest BCUT2D eigenvalue weighted by Gasteiger charge is -2.14. The molecule has 6 heteroatoms. The summed E-state index contributed by atoms with van der Waals surface area (Å²) in [6.07, 6.45) is 1.28. The zero-order valence-electron chi connectivity index (χ0n) is 12.5. The van der Waals surface area contributed by atoms with Crippen LogP contribution in [-0.2, 0) is 0 Å². The first-order valence-electron chi connectivity index (χ1n) is 7.25. The zero-order valence-corrected chi connectivity index (χ0v) is 13.3. The number of hydrogen-bond acceptors (Lipinski definition) is 3. The topological polar surface area (TPSA) is 58.4 Å². The van der Waals surface area contributed by atoms with E-state index in [1.54, 1.807) is 27.9 Å². The van der Waals surface area contributed by atoms with Gasteiger partial charge < -0.3 is 10.0 Å². The molecule has 1 aromatic carbocycles. The second kappa shape index (κ2) is 5.74. The molecule has 2 atom stereocenters. The van der Waals surface area contributed by atoms with E-state index in [2.05, 4.69) is 5.10 Å². The summed E-state index contributed by atoms with van der Waals surface area (Å²) in [5, 5.41) is 14.9. The third kappa shape index (κ3) is 2.74. The maximum atomic E-state index is 12.6. The van der Waals surface area contributed by atoms with Gasteiger partial charge in [-0.15, -0.1) is 0 Å². The molecule has 0 spiro atoms. The van der Waals surface area contributed by atoms with Crippen LogP contribution in [0.3, 0.4) is 0 Å². The number of nitrogens with zero attached hydrogens (tertiary/aromatic N) is 3. The Morgan fingerprint density at radius 3 is 2.59 bits per heavy atom. The molecule has 2 heterocycles. The van der Waals surface area contributed by atoms with Gasteiger partial charge in [0, 0.05) is 30.2 Å². The highest BCUT2D eigenvalue weighted by atomic mass is 35.5.